The molecule has 144 valence electrons. The number of halogens is 1. The number of hydrogen-bond donors (Lipinski definition) is 0. The molecule has 5 nitrogen and oxygen atoms in total. The monoisotopic (exact) mass is 395 g/mol. The van der Waals surface area contributed by atoms with Gasteiger partial charge in [0.15, 0.2) is 0 Å². The summed E-state index contributed by atoms with van der Waals surface area (Å²) < 4.78 is 5.16. The molecular formula is C22H22ClN3O2. The number of nitrogens with zero attached hydrogens (tertiary/aromatic N) is 3. The zero-order valence-electron chi connectivity index (χ0n) is 15.6. The number of benzene rings is 2. The molecule has 2 aromatic carbocycles. The van der Waals surface area contributed by atoms with Gasteiger partial charge in [-0.1, -0.05) is 53.2 Å². The van der Waals surface area contributed by atoms with E-state index < -0.39 is 0 Å². The molecule has 28 heavy (non-hydrogen) atoms. The second-order valence-corrected chi connectivity index (χ2v) is 7.34. The smallest absolute Gasteiger partial charge is 0.223 e. The Bertz CT molecular complexity index is 934. The average Bonchev–Trinajstić information content (AvgIpc) is 3.21. The highest BCUT2D eigenvalue weighted by Gasteiger charge is 2.22. The number of aryl methyl sites for hydroxylation is 1. The van der Waals surface area contributed by atoms with Crippen molar-refractivity contribution in [2.45, 2.75) is 12.8 Å². The van der Waals surface area contributed by atoms with Gasteiger partial charge in [-0.15, -0.1) is 0 Å². The van der Waals surface area contributed by atoms with E-state index in [-0.39, 0.29) is 5.91 Å². The van der Waals surface area contributed by atoms with Gasteiger partial charge in [0.05, 0.1) is 0 Å². The number of carbonyl (C=O) groups is 1. The fourth-order valence-corrected chi connectivity index (χ4v) is 3.74. The van der Waals surface area contributed by atoms with Crippen LogP contribution in [-0.4, -0.2) is 42.1 Å². The fraction of sp³-hybridized carbons (Fsp3) is 0.273. The molecule has 0 bridgehead atoms. The van der Waals surface area contributed by atoms with Crippen LogP contribution in [0.5, 0.6) is 0 Å². The third kappa shape index (κ3) is 4.20. The number of carbonyl (C=O) groups excluding carboxylic acids is 1. The lowest BCUT2D eigenvalue weighted by Gasteiger charge is -2.36. The zero-order valence-corrected chi connectivity index (χ0v) is 16.3. The van der Waals surface area contributed by atoms with E-state index in [4.69, 9.17) is 16.1 Å². The predicted molar refractivity (Wildman–Crippen MR) is 111 cm³/mol. The Morgan fingerprint density at radius 2 is 1.82 bits per heavy atom. The van der Waals surface area contributed by atoms with Gasteiger partial charge in [-0.2, -0.15) is 0 Å². The molecule has 0 saturated carbocycles. The van der Waals surface area contributed by atoms with E-state index in [0.29, 0.717) is 12.8 Å². The Balaban J connectivity index is 1.32. The van der Waals surface area contributed by atoms with Crippen LogP contribution in [0.25, 0.3) is 11.3 Å². The van der Waals surface area contributed by atoms with E-state index in [9.17, 15) is 4.79 Å². The van der Waals surface area contributed by atoms with Gasteiger partial charge in [-0.05, 0) is 24.6 Å². The standard InChI is InChI=1S/C22H22ClN3O2/c23-19-7-4-8-20(15-19)25-11-13-26(14-12-25)21(27)10-9-18-16-28-24-22(18)17-5-2-1-3-6-17/h1-8,15-16H,9-14H2. The number of rotatable bonds is 5. The first-order valence-corrected chi connectivity index (χ1v) is 9.85. The number of aromatic nitrogens is 1. The van der Waals surface area contributed by atoms with Gasteiger partial charge in [0.25, 0.3) is 0 Å². The molecule has 4 rings (SSSR count). The molecule has 2 heterocycles. The number of hydrogen-bond acceptors (Lipinski definition) is 4. The van der Waals surface area contributed by atoms with E-state index in [1.165, 1.54) is 0 Å². The highest BCUT2D eigenvalue weighted by atomic mass is 35.5. The summed E-state index contributed by atoms with van der Waals surface area (Å²) in [4.78, 5) is 16.9. The van der Waals surface area contributed by atoms with Gasteiger partial charge in [-0.3, -0.25) is 4.79 Å². The van der Waals surface area contributed by atoms with Gasteiger partial charge in [0.2, 0.25) is 5.91 Å². The van der Waals surface area contributed by atoms with Crippen LogP contribution in [0.15, 0.2) is 65.4 Å². The third-order valence-electron chi connectivity index (χ3n) is 5.10. The second-order valence-electron chi connectivity index (χ2n) is 6.90. The van der Waals surface area contributed by atoms with Gasteiger partial charge >= 0.3 is 0 Å². The molecule has 0 atom stereocenters. The molecule has 0 unspecified atom stereocenters. The van der Waals surface area contributed by atoms with Crippen molar-refractivity contribution in [3.63, 3.8) is 0 Å². The van der Waals surface area contributed by atoms with Crippen LogP contribution >= 0.6 is 11.6 Å². The van der Waals surface area contributed by atoms with Crippen LogP contribution in [0.4, 0.5) is 5.69 Å². The maximum atomic E-state index is 12.7. The normalized spacial score (nSPS) is 14.3. The molecule has 1 saturated heterocycles. The first-order valence-electron chi connectivity index (χ1n) is 9.47. The molecule has 1 fully saturated rings. The number of piperazine rings is 1. The zero-order chi connectivity index (χ0) is 19.3. The number of anilines is 1. The SMILES string of the molecule is O=C(CCc1conc1-c1ccccc1)N1CCN(c2cccc(Cl)c2)CC1. The third-order valence-corrected chi connectivity index (χ3v) is 5.34. The fourth-order valence-electron chi connectivity index (χ4n) is 3.56. The van der Waals surface area contributed by atoms with Gasteiger partial charge < -0.3 is 14.3 Å². The molecule has 0 aliphatic carbocycles. The molecule has 1 aromatic heterocycles. The van der Waals surface area contributed by atoms with Crippen molar-refractivity contribution >= 4 is 23.2 Å². The molecule has 3 aromatic rings. The van der Waals surface area contributed by atoms with Crippen LogP contribution in [0.2, 0.25) is 5.02 Å². The first kappa shape index (κ1) is 18.6. The van der Waals surface area contributed by atoms with Crippen molar-refractivity contribution in [2.24, 2.45) is 0 Å². The molecular weight excluding hydrogens is 374 g/mol. The quantitative estimate of drug-likeness (QED) is 0.647. The minimum Gasteiger partial charge on any atom is -0.368 e. The summed E-state index contributed by atoms with van der Waals surface area (Å²) in [5.41, 5.74) is 3.90. The van der Waals surface area contributed by atoms with Crippen molar-refractivity contribution < 1.29 is 9.32 Å². The molecule has 1 amide bonds. The summed E-state index contributed by atoms with van der Waals surface area (Å²) in [5, 5.41) is 4.85. The Hall–Kier alpha value is -2.79. The average molecular weight is 396 g/mol. The van der Waals surface area contributed by atoms with Crippen molar-refractivity contribution in [1.29, 1.82) is 0 Å². The first-order chi connectivity index (χ1) is 13.7. The van der Waals surface area contributed by atoms with E-state index in [1.807, 2.05) is 53.4 Å². The van der Waals surface area contributed by atoms with E-state index in [1.54, 1.807) is 6.26 Å². The summed E-state index contributed by atoms with van der Waals surface area (Å²) in [5.74, 6) is 0.172. The molecule has 0 spiro atoms. The van der Waals surface area contributed by atoms with Crippen molar-refractivity contribution in [3.05, 3.63) is 71.4 Å². The minimum absolute atomic E-state index is 0.172. The highest BCUT2D eigenvalue weighted by Crippen LogP contribution is 2.24. The summed E-state index contributed by atoms with van der Waals surface area (Å²) in [6, 6.07) is 17.8. The van der Waals surface area contributed by atoms with Crippen LogP contribution in [-0.2, 0) is 11.2 Å². The molecule has 0 N–H and O–H groups in total. The van der Waals surface area contributed by atoms with Crippen LogP contribution in [0.1, 0.15) is 12.0 Å². The summed E-state index contributed by atoms with van der Waals surface area (Å²) in [6.45, 7) is 3.07. The van der Waals surface area contributed by atoms with Gasteiger partial charge in [0, 0.05) is 54.4 Å². The topological polar surface area (TPSA) is 49.6 Å². The van der Waals surface area contributed by atoms with E-state index in [0.717, 1.165) is 53.7 Å². The Morgan fingerprint density at radius 1 is 1.04 bits per heavy atom. The van der Waals surface area contributed by atoms with Crippen LogP contribution in [0.3, 0.4) is 0 Å². The Kier molecular flexibility index (Phi) is 5.63. The number of amides is 1. The molecule has 6 heteroatoms. The predicted octanol–water partition coefficient (Wildman–Crippen LogP) is 4.28. The lowest BCUT2D eigenvalue weighted by atomic mass is 10.0. The lowest BCUT2D eigenvalue weighted by Crippen LogP contribution is -2.48. The van der Waals surface area contributed by atoms with Crippen molar-refractivity contribution in [1.82, 2.24) is 10.1 Å². The Morgan fingerprint density at radius 3 is 2.57 bits per heavy atom. The molecule has 0 radical (unpaired) electrons. The largest absolute Gasteiger partial charge is 0.368 e. The molecule has 1 aliphatic heterocycles. The van der Waals surface area contributed by atoms with Crippen LogP contribution < -0.4 is 4.90 Å². The van der Waals surface area contributed by atoms with Crippen LogP contribution in [0, 0.1) is 0 Å². The maximum absolute atomic E-state index is 12.7. The van der Waals surface area contributed by atoms with Gasteiger partial charge in [0.1, 0.15) is 12.0 Å². The second kappa shape index (κ2) is 8.48. The molecule has 1 aliphatic rings. The van der Waals surface area contributed by atoms with Crippen molar-refractivity contribution in [3.8, 4) is 11.3 Å². The van der Waals surface area contributed by atoms with Gasteiger partial charge in [-0.25, -0.2) is 0 Å². The van der Waals surface area contributed by atoms with E-state index >= 15 is 0 Å². The summed E-state index contributed by atoms with van der Waals surface area (Å²) >= 11 is 6.09. The minimum atomic E-state index is 0.172. The summed E-state index contributed by atoms with van der Waals surface area (Å²) in [7, 11) is 0. The Labute approximate surface area is 169 Å². The van der Waals surface area contributed by atoms with Crippen molar-refractivity contribution in [2.75, 3.05) is 31.1 Å². The maximum Gasteiger partial charge on any atom is 0.223 e. The van der Waals surface area contributed by atoms with E-state index in [2.05, 4.69) is 16.1 Å². The lowest BCUT2D eigenvalue weighted by molar-refractivity contribution is -0.131. The summed E-state index contributed by atoms with van der Waals surface area (Å²) in [6.07, 6.45) is 2.73. The highest BCUT2D eigenvalue weighted by molar-refractivity contribution is 6.30.